The third-order valence-corrected chi connectivity index (χ3v) is 4.15. The van der Waals surface area contributed by atoms with Gasteiger partial charge in [0.1, 0.15) is 6.33 Å². The largest absolute Gasteiger partial charge is 0.356 e. The van der Waals surface area contributed by atoms with Gasteiger partial charge in [-0.2, -0.15) is 0 Å². The molecule has 1 unspecified atom stereocenters. The summed E-state index contributed by atoms with van der Waals surface area (Å²) in [5.74, 6) is 2.11. The molecule has 21 heavy (non-hydrogen) atoms. The van der Waals surface area contributed by atoms with E-state index in [4.69, 9.17) is 0 Å². The first-order chi connectivity index (χ1) is 9.70. The van der Waals surface area contributed by atoms with Crippen molar-refractivity contribution in [3.05, 3.63) is 34.5 Å². The third-order valence-electron chi connectivity index (χ3n) is 3.05. The van der Waals surface area contributed by atoms with Crippen LogP contribution in [0.2, 0.25) is 0 Å². The van der Waals surface area contributed by atoms with Crippen molar-refractivity contribution >= 4 is 41.3 Å². The second-order valence-electron chi connectivity index (χ2n) is 4.58. The van der Waals surface area contributed by atoms with Crippen molar-refractivity contribution in [2.75, 3.05) is 13.6 Å². The maximum absolute atomic E-state index is 4.21. The molecule has 6 nitrogen and oxygen atoms in total. The molecule has 0 spiro atoms. The van der Waals surface area contributed by atoms with Gasteiger partial charge in [0.15, 0.2) is 11.8 Å². The summed E-state index contributed by atoms with van der Waals surface area (Å²) in [4.78, 5) is 5.59. The molecule has 2 aromatic rings. The first kappa shape index (κ1) is 17.9. The summed E-state index contributed by atoms with van der Waals surface area (Å²) in [7, 11) is 3.69. The highest BCUT2D eigenvalue weighted by atomic mass is 127. The number of aliphatic imine (C=N–C) groups is 1. The van der Waals surface area contributed by atoms with Gasteiger partial charge in [0, 0.05) is 31.4 Å². The summed E-state index contributed by atoms with van der Waals surface area (Å²) < 4.78 is 1.88. The Labute approximate surface area is 146 Å². The smallest absolute Gasteiger partial charge is 0.191 e. The number of rotatable bonds is 5. The van der Waals surface area contributed by atoms with Gasteiger partial charge in [0.05, 0.1) is 6.54 Å². The van der Waals surface area contributed by atoms with E-state index in [9.17, 15) is 0 Å². The number of thiophene rings is 1. The van der Waals surface area contributed by atoms with Crippen molar-refractivity contribution < 1.29 is 0 Å². The van der Waals surface area contributed by atoms with Crippen molar-refractivity contribution in [1.29, 1.82) is 0 Å². The van der Waals surface area contributed by atoms with Crippen molar-refractivity contribution in [3.63, 3.8) is 0 Å². The van der Waals surface area contributed by atoms with E-state index in [-0.39, 0.29) is 24.0 Å². The first-order valence-corrected chi connectivity index (χ1v) is 7.39. The van der Waals surface area contributed by atoms with Crippen LogP contribution in [0.25, 0.3) is 0 Å². The lowest BCUT2D eigenvalue weighted by atomic mass is 10.1. The fraction of sp³-hybridized carbons (Fsp3) is 0.462. The van der Waals surface area contributed by atoms with E-state index in [0.29, 0.717) is 12.5 Å². The van der Waals surface area contributed by atoms with Crippen LogP contribution in [0, 0.1) is 0 Å². The molecule has 0 saturated heterocycles. The second kappa shape index (κ2) is 8.98. The minimum Gasteiger partial charge on any atom is -0.356 e. The highest BCUT2D eigenvalue weighted by Crippen LogP contribution is 2.19. The minimum atomic E-state index is 0. The van der Waals surface area contributed by atoms with Crippen molar-refractivity contribution in [2.24, 2.45) is 12.0 Å². The molecule has 116 valence electrons. The van der Waals surface area contributed by atoms with E-state index in [2.05, 4.69) is 50.3 Å². The van der Waals surface area contributed by atoms with Crippen LogP contribution in [0.4, 0.5) is 0 Å². The molecule has 0 bridgehead atoms. The highest BCUT2D eigenvalue weighted by molar-refractivity contribution is 14.0. The number of aromatic nitrogens is 3. The summed E-state index contributed by atoms with van der Waals surface area (Å²) in [5.41, 5.74) is 0. The maximum atomic E-state index is 4.21. The quantitative estimate of drug-likeness (QED) is 0.441. The van der Waals surface area contributed by atoms with E-state index in [1.54, 1.807) is 24.7 Å². The lowest BCUT2D eigenvalue weighted by Crippen LogP contribution is -2.39. The van der Waals surface area contributed by atoms with Gasteiger partial charge in [-0.3, -0.25) is 4.99 Å². The Morgan fingerprint density at radius 1 is 1.48 bits per heavy atom. The molecule has 2 N–H and O–H groups in total. The average Bonchev–Trinajstić information content (AvgIpc) is 3.10. The Morgan fingerprint density at radius 2 is 2.29 bits per heavy atom. The fourth-order valence-electron chi connectivity index (χ4n) is 1.77. The molecule has 2 aromatic heterocycles. The molecule has 1 atom stereocenters. The van der Waals surface area contributed by atoms with Gasteiger partial charge < -0.3 is 15.2 Å². The summed E-state index contributed by atoms with van der Waals surface area (Å²) in [6.07, 6.45) is 1.69. The predicted molar refractivity (Wildman–Crippen MR) is 97.4 cm³/mol. The number of nitrogens with one attached hydrogen (secondary N) is 2. The summed E-state index contributed by atoms with van der Waals surface area (Å²) >= 11 is 1.78. The molecule has 0 radical (unpaired) electrons. The molecule has 0 aliphatic heterocycles. The van der Waals surface area contributed by atoms with Crippen LogP contribution in [0.3, 0.4) is 0 Å². The van der Waals surface area contributed by atoms with Crippen molar-refractivity contribution in [1.82, 2.24) is 25.4 Å². The van der Waals surface area contributed by atoms with Crippen molar-refractivity contribution in [2.45, 2.75) is 19.4 Å². The molecule has 0 fully saturated rings. The molecule has 0 aromatic carbocycles. The van der Waals surface area contributed by atoms with Crippen LogP contribution in [0.15, 0.2) is 28.8 Å². The van der Waals surface area contributed by atoms with Gasteiger partial charge in [0.2, 0.25) is 0 Å². The van der Waals surface area contributed by atoms with Gasteiger partial charge in [-0.15, -0.1) is 45.5 Å². The molecular formula is C13H21IN6S. The Kier molecular flexibility index (Phi) is 7.65. The second-order valence-corrected chi connectivity index (χ2v) is 5.56. The predicted octanol–water partition coefficient (Wildman–Crippen LogP) is 1.96. The van der Waals surface area contributed by atoms with E-state index < -0.39 is 0 Å². The Hall–Kier alpha value is -1.16. The average molecular weight is 420 g/mol. The van der Waals surface area contributed by atoms with E-state index in [1.807, 2.05) is 11.6 Å². The molecular weight excluding hydrogens is 399 g/mol. The standard InChI is InChI=1S/C13H20N6S.HI/c1-10(11-5-4-6-20-11)7-15-13(14-2)16-8-12-18-17-9-19(12)3;/h4-6,9-10H,7-8H2,1-3H3,(H2,14,15,16);1H. The van der Waals surface area contributed by atoms with E-state index in [0.717, 1.165) is 18.3 Å². The molecule has 0 saturated carbocycles. The summed E-state index contributed by atoms with van der Waals surface area (Å²) in [6.45, 7) is 3.65. The number of nitrogens with zero attached hydrogens (tertiary/aromatic N) is 4. The van der Waals surface area contributed by atoms with Gasteiger partial charge >= 0.3 is 0 Å². The summed E-state index contributed by atoms with van der Waals surface area (Å²) in [6, 6.07) is 4.24. The topological polar surface area (TPSA) is 67.1 Å². The normalized spacial score (nSPS) is 12.6. The SMILES string of the molecule is CN=C(NCc1nncn1C)NCC(C)c1cccs1.I. The highest BCUT2D eigenvalue weighted by Gasteiger charge is 2.08. The van der Waals surface area contributed by atoms with Crippen molar-refractivity contribution in [3.8, 4) is 0 Å². The number of halogens is 1. The first-order valence-electron chi connectivity index (χ1n) is 6.51. The molecule has 2 heterocycles. The van der Waals surface area contributed by atoms with Gasteiger partial charge in [0.25, 0.3) is 0 Å². The number of guanidine groups is 1. The minimum absolute atomic E-state index is 0. The van der Waals surface area contributed by atoms with E-state index in [1.165, 1.54) is 4.88 Å². The number of aryl methyl sites for hydroxylation is 1. The molecule has 0 amide bonds. The van der Waals surface area contributed by atoms with Crippen LogP contribution in [-0.2, 0) is 13.6 Å². The molecule has 0 aliphatic carbocycles. The zero-order chi connectivity index (χ0) is 14.4. The lowest BCUT2D eigenvalue weighted by molar-refractivity contribution is 0.690. The summed E-state index contributed by atoms with van der Waals surface area (Å²) in [5, 5.41) is 16.5. The van der Waals surface area contributed by atoms with Gasteiger partial charge in [-0.05, 0) is 11.4 Å². The van der Waals surface area contributed by atoms with Crippen LogP contribution < -0.4 is 10.6 Å². The zero-order valence-corrected chi connectivity index (χ0v) is 15.6. The number of hydrogen-bond acceptors (Lipinski definition) is 4. The van der Waals surface area contributed by atoms with Gasteiger partial charge in [-0.25, -0.2) is 0 Å². The van der Waals surface area contributed by atoms with Crippen LogP contribution in [0.1, 0.15) is 23.5 Å². The fourth-order valence-corrected chi connectivity index (χ4v) is 2.56. The van der Waals surface area contributed by atoms with Gasteiger partial charge in [-0.1, -0.05) is 13.0 Å². The Balaban J connectivity index is 0.00000220. The molecule has 8 heteroatoms. The van der Waals surface area contributed by atoms with Crippen LogP contribution in [-0.4, -0.2) is 34.3 Å². The molecule has 0 aliphatic rings. The number of hydrogen-bond donors (Lipinski definition) is 2. The Bertz CT molecular complexity index is 551. The van der Waals surface area contributed by atoms with Crippen LogP contribution in [0.5, 0.6) is 0 Å². The lowest BCUT2D eigenvalue weighted by Gasteiger charge is -2.14. The monoisotopic (exact) mass is 420 g/mol. The zero-order valence-electron chi connectivity index (χ0n) is 12.4. The van der Waals surface area contributed by atoms with Crippen LogP contribution >= 0.6 is 35.3 Å². The Morgan fingerprint density at radius 3 is 2.86 bits per heavy atom. The molecule has 2 rings (SSSR count). The maximum Gasteiger partial charge on any atom is 0.191 e. The van der Waals surface area contributed by atoms with E-state index >= 15 is 0 Å². The third kappa shape index (κ3) is 5.27.